The van der Waals surface area contributed by atoms with Crippen molar-refractivity contribution in [3.8, 4) is 0 Å². The van der Waals surface area contributed by atoms with Crippen LogP contribution in [0.2, 0.25) is 0 Å². The van der Waals surface area contributed by atoms with Crippen LogP contribution in [0.4, 0.5) is 0 Å². The summed E-state index contributed by atoms with van der Waals surface area (Å²) in [5, 5.41) is 0. The number of carbonyl (C=O) groups is 3. The van der Waals surface area contributed by atoms with Crippen molar-refractivity contribution in [3.05, 3.63) is 60.8 Å². The van der Waals surface area contributed by atoms with E-state index in [2.05, 4.69) is 81.5 Å². The molecule has 1 unspecified atom stereocenters. The van der Waals surface area contributed by atoms with Crippen molar-refractivity contribution in [1.82, 2.24) is 0 Å². The van der Waals surface area contributed by atoms with E-state index in [-0.39, 0.29) is 31.1 Å². The SMILES string of the molecule is CCCCCCCCC/C=C\C=C/CCCCCC(=O)OCC(COC(=O)CCCCCCC/C=C\CCCCCCCCCCC)OC(=O)CCCCC/C=C\C=C/CCCCCCCCC. The molecule has 0 aliphatic heterocycles. The van der Waals surface area contributed by atoms with Gasteiger partial charge in [-0.25, -0.2) is 0 Å². The van der Waals surface area contributed by atoms with Crippen molar-refractivity contribution in [2.75, 3.05) is 13.2 Å². The van der Waals surface area contributed by atoms with Crippen LogP contribution in [0, 0.1) is 0 Å². The van der Waals surface area contributed by atoms with Crippen LogP contribution in [0.3, 0.4) is 0 Å². The molecule has 68 heavy (non-hydrogen) atoms. The van der Waals surface area contributed by atoms with Gasteiger partial charge in [-0.2, -0.15) is 0 Å². The number of rotatable bonds is 53. The van der Waals surface area contributed by atoms with Crippen molar-refractivity contribution < 1.29 is 28.6 Å². The van der Waals surface area contributed by atoms with Gasteiger partial charge in [-0.3, -0.25) is 14.4 Å². The molecule has 0 bridgehead atoms. The van der Waals surface area contributed by atoms with Gasteiger partial charge in [-0.05, 0) is 96.3 Å². The molecule has 0 radical (unpaired) electrons. The third-order valence-corrected chi connectivity index (χ3v) is 12.8. The number of unbranched alkanes of at least 4 members (excludes halogenated alkanes) is 34. The summed E-state index contributed by atoms with van der Waals surface area (Å²) >= 11 is 0. The van der Waals surface area contributed by atoms with Gasteiger partial charge in [-0.15, -0.1) is 0 Å². The largest absolute Gasteiger partial charge is 0.462 e. The van der Waals surface area contributed by atoms with Gasteiger partial charge in [-0.1, -0.05) is 242 Å². The van der Waals surface area contributed by atoms with Crippen molar-refractivity contribution in [2.24, 2.45) is 0 Å². The Morgan fingerprint density at radius 1 is 0.294 bits per heavy atom. The first-order valence-electron chi connectivity index (χ1n) is 29.3. The molecule has 0 rings (SSSR count). The van der Waals surface area contributed by atoms with E-state index in [1.54, 1.807) is 0 Å². The lowest BCUT2D eigenvalue weighted by molar-refractivity contribution is -0.167. The summed E-state index contributed by atoms with van der Waals surface area (Å²) in [6, 6.07) is 0. The first kappa shape index (κ1) is 65.1. The highest BCUT2D eigenvalue weighted by Gasteiger charge is 2.19. The molecule has 6 nitrogen and oxygen atoms in total. The van der Waals surface area contributed by atoms with Crippen molar-refractivity contribution in [3.63, 3.8) is 0 Å². The maximum atomic E-state index is 12.8. The zero-order chi connectivity index (χ0) is 49.3. The highest BCUT2D eigenvalue weighted by atomic mass is 16.6. The minimum absolute atomic E-state index is 0.0969. The first-order valence-corrected chi connectivity index (χ1v) is 29.3. The highest BCUT2D eigenvalue weighted by molar-refractivity contribution is 5.71. The minimum atomic E-state index is -0.802. The molecular formula is C62H110O6. The van der Waals surface area contributed by atoms with Gasteiger partial charge in [0.05, 0.1) is 0 Å². The molecule has 6 heteroatoms. The van der Waals surface area contributed by atoms with E-state index in [9.17, 15) is 14.4 Å². The number of esters is 3. The molecule has 0 saturated carbocycles. The topological polar surface area (TPSA) is 78.9 Å². The summed E-state index contributed by atoms with van der Waals surface area (Å²) in [6.07, 6.45) is 70.7. The standard InChI is InChI=1S/C62H110O6/c1-4-7-10-13-16-19-22-25-28-31-32-35-37-40-43-46-49-52-55-61(64)67-58-59(68-62(65)56-53-50-47-44-41-38-34-30-27-24-21-18-15-12-9-6-3)57-66-60(63)54-51-48-45-42-39-36-33-29-26-23-20-17-14-11-8-5-2/h29-30,32-36,38-39,41,59H,4-28,31,37,40,42-58H2,1-3H3/b33-29-,34-30-,35-32-,39-36-,41-38-. The van der Waals surface area contributed by atoms with E-state index in [0.717, 1.165) is 89.9 Å². The molecule has 0 heterocycles. The zero-order valence-electron chi connectivity index (χ0n) is 45.1. The monoisotopic (exact) mass is 951 g/mol. The smallest absolute Gasteiger partial charge is 0.306 e. The predicted molar refractivity (Wildman–Crippen MR) is 293 cm³/mol. The maximum Gasteiger partial charge on any atom is 0.306 e. The summed E-state index contributed by atoms with van der Waals surface area (Å²) in [4.78, 5) is 38.1. The third kappa shape index (κ3) is 54.1. The second-order valence-electron chi connectivity index (χ2n) is 19.6. The van der Waals surface area contributed by atoms with Crippen LogP contribution in [0.1, 0.15) is 297 Å². The summed E-state index contributed by atoms with van der Waals surface area (Å²) in [6.45, 7) is 6.60. The van der Waals surface area contributed by atoms with Gasteiger partial charge in [0.15, 0.2) is 6.10 Å². The van der Waals surface area contributed by atoms with Gasteiger partial charge in [0.2, 0.25) is 0 Å². The molecule has 394 valence electrons. The normalized spacial score (nSPS) is 12.5. The second-order valence-corrected chi connectivity index (χ2v) is 19.6. The van der Waals surface area contributed by atoms with Crippen LogP contribution >= 0.6 is 0 Å². The molecule has 0 aliphatic rings. The number of hydrogen-bond acceptors (Lipinski definition) is 6. The minimum Gasteiger partial charge on any atom is -0.462 e. The number of ether oxygens (including phenoxy) is 3. The lowest BCUT2D eigenvalue weighted by Gasteiger charge is -2.18. The van der Waals surface area contributed by atoms with Gasteiger partial charge >= 0.3 is 17.9 Å². The Kier molecular flexibility index (Phi) is 54.3. The summed E-state index contributed by atoms with van der Waals surface area (Å²) in [7, 11) is 0. The third-order valence-electron chi connectivity index (χ3n) is 12.8. The van der Waals surface area contributed by atoms with E-state index in [1.807, 2.05) is 0 Å². The Morgan fingerprint density at radius 2 is 0.529 bits per heavy atom. The molecule has 0 spiro atoms. The molecule has 0 aromatic carbocycles. The lowest BCUT2D eigenvalue weighted by atomic mass is 10.1. The highest BCUT2D eigenvalue weighted by Crippen LogP contribution is 2.15. The first-order chi connectivity index (χ1) is 33.5. The molecule has 0 aromatic heterocycles. The average Bonchev–Trinajstić information content (AvgIpc) is 3.34. The van der Waals surface area contributed by atoms with Crippen molar-refractivity contribution in [2.45, 2.75) is 303 Å². The molecule has 0 amide bonds. The number of hydrogen-bond donors (Lipinski definition) is 0. The quantitative estimate of drug-likeness (QED) is 0.0199. The van der Waals surface area contributed by atoms with Crippen molar-refractivity contribution >= 4 is 17.9 Å². The van der Waals surface area contributed by atoms with Crippen LogP contribution in [-0.4, -0.2) is 37.2 Å². The average molecular weight is 952 g/mol. The van der Waals surface area contributed by atoms with E-state index >= 15 is 0 Å². The molecule has 0 fully saturated rings. The number of carbonyl (C=O) groups excluding carboxylic acids is 3. The molecular weight excluding hydrogens is 841 g/mol. The fraction of sp³-hybridized carbons (Fsp3) is 0.790. The Balaban J connectivity index is 4.45. The zero-order valence-corrected chi connectivity index (χ0v) is 45.1. The Labute approximate surface area is 421 Å². The molecule has 1 atom stereocenters. The van der Waals surface area contributed by atoms with E-state index < -0.39 is 6.10 Å². The molecule has 0 saturated heterocycles. The summed E-state index contributed by atoms with van der Waals surface area (Å²) in [5.41, 5.74) is 0. The van der Waals surface area contributed by atoms with Gasteiger partial charge < -0.3 is 14.2 Å². The van der Waals surface area contributed by atoms with Gasteiger partial charge in [0.25, 0.3) is 0 Å². The predicted octanol–water partition coefficient (Wildman–Crippen LogP) is 19.6. The van der Waals surface area contributed by atoms with Crippen LogP contribution in [0.25, 0.3) is 0 Å². The molecule has 0 aromatic rings. The molecule has 0 aliphatic carbocycles. The fourth-order valence-corrected chi connectivity index (χ4v) is 8.30. The van der Waals surface area contributed by atoms with Crippen LogP contribution < -0.4 is 0 Å². The Bertz CT molecular complexity index is 1230. The lowest BCUT2D eigenvalue weighted by Crippen LogP contribution is -2.30. The van der Waals surface area contributed by atoms with E-state index in [4.69, 9.17) is 14.2 Å². The number of allylic oxidation sites excluding steroid dienone is 10. The van der Waals surface area contributed by atoms with Gasteiger partial charge in [0, 0.05) is 19.3 Å². The van der Waals surface area contributed by atoms with Crippen molar-refractivity contribution in [1.29, 1.82) is 0 Å². The Hall–Kier alpha value is -2.89. The van der Waals surface area contributed by atoms with E-state index in [1.165, 1.54) is 167 Å². The van der Waals surface area contributed by atoms with Crippen LogP contribution in [-0.2, 0) is 28.6 Å². The summed E-state index contributed by atoms with van der Waals surface area (Å²) in [5.74, 6) is -0.948. The van der Waals surface area contributed by atoms with Crippen LogP contribution in [0.15, 0.2) is 60.8 Å². The van der Waals surface area contributed by atoms with Gasteiger partial charge in [0.1, 0.15) is 13.2 Å². The summed E-state index contributed by atoms with van der Waals surface area (Å²) < 4.78 is 16.8. The van der Waals surface area contributed by atoms with E-state index in [0.29, 0.717) is 19.3 Å². The molecule has 0 N–H and O–H groups in total. The Morgan fingerprint density at radius 3 is 0.838 bits per heavy atom. The fourth-order valence-electron chi connectivity index (χ4n) is 8.30. The van der Waals surface area contributed by atoms with Crippen LogP contribution in [0.5, 0.6) is 0 Å². The second kappa shape index (κ2) is 56.7. The maximum absolute atomic E-state index is 12.8.